The number of rotatable bonds is 8. The molecule has 1 aliphatic rings. The predicted molar refractivity (Wildman–Crippen MR) is 141 cm³/mol. The number of aliphatic hydroxyl groups excluding tert-OH is 1. The lowest BCUT2D eigenvalue weighted by Crippen LogP contribution is -2.29. The van der Waals surface area contributed by atoms with Crippen molar-refractivity contribution in [3.63, 3.8) is 0 Å². The van der Waals surface area contributed by atoms with Gasteiger partial charge in [0.2, 0.25) is 0 Å². The standard InChI is InChI=1S/C30H28N2O5/c1-4-15-37-24-8-6-7-21(17-24)27-26(28(33)22-11-14-25(36-5-2)19(3)16-22)29(34)30(35)32(27)23-12-9-20(18-31)10-13-23/h6-14,16-17,27,33H,4-5,15H2,1-3H3/b28-26+. The fourth-order valence-corrected chi connectivity index (χ4v) is 4.37. The first kappa shape index (κ1) is 25.5. The van der Waals surface area contributed by atoms with Gasteiger partial charge in [-0.05, 0) is 86.0 Å². The van der Waals surface area contributed by atoms with Crippen LogP contribution >= 0.6 is 0 Å². The minimum atomic E-state index is -0.898. The number of nitrogens with zero attached hydrogens (tertiary/aromatic N) is 2. The minimum Gasteiger partial charge on any atom is -0.507 e. The molecule has 1 saturated heterocycles. The van der Waals surface area contributed by atoms with Crippen molar-refractivity contribution >= 4 is 23.1 Å². The fourth-order valence-electron chi connectivity index (χ4n) is 4.37. The summed E-state index contributed by atoms with van der Waals surface area (Å²) in [5.41, 5.74) is 2.65. The maximum atomic E-state index is 13.4. The van der Waals surface area contributed by atoms with Gasteiger partial charge in [-0.2, -0.15) is 5.26 Å². The number of hydrogen-bond acceptors (Lipinski definition) is 6. The van der Waals surface area contributed by atoms with E-state index in [4.69, 9.17) is 9.47 Å². The van der Waals surface area contributed by atoms with Crippen molar-refractivity contribution in [2.75, 3.05) is 18.1 Å². The molecule has 1 unspecified atom stereocenters. The molecule has 37 heavy (non-hydrogen) atoms. The lowest BCUT2D eigenvalue weighted by atomic mass is 9.94. The number of nitriles is 1. The van der Waals surface area contributed by atoms with Gasteiger partial charge in [0.05, 0.1) is 36.5 Å². The Morgan fingerprint density at radius 3 is 2.43 bits per heavy atom. The number of aliphatic hydroxyl groups is 1. The smallest absolute Gasteiger partial charge is 0.300 e. The van der Waals surface area contributed by atoms with E-state index in [1.807, 2.05) is 26.8 Å². The van der Waals surface area contributed by atoms with Crippen LogP contribution in [0.5, 0.6) is 11.5 Å². The highest BCUT2D eigenvalue weighted by atomic mass is 16.5. The number of carbonyl (C=O) groups is 2. The fraction of sp³-hybridized carbons (Fsp3) is 0.233. The number of aryl methyl sites for hydroxylation is 1. The molecule has 7 heteroatoms. The van der Waals surface area contributed by atoms with E-state index < -0.39 is 17.7 Å². The van der Waals surface area contributed by atoms with E-state index in [1.54, 1.807) is 60.7 Å². The van der Waals surface area contributed by atoms with Crippen LogP contribution in [0.3, 0.4) is 0 Å². The summed E-state index contributed by atoms with van der Waals surface area (Å²) in [6, 6.07) is 19.9. The number of Topliss-reactive ketones (excluding diaryl/α,β-unsaturated/α-hetero) is 1. The second kappa shape index (κ2) is 11.0. The number of ketones is 1. The Labute approximate surface area is 216 Å². The third-order valence-corrected chi connectivity index (χ3v) is 6.11. The van der Waals surface area contributed by atoms with Crippen molar-refractivity contribution in [2.45, 2.75) is 33.2 Å². The van der Waals surface area contributed by atoms with Crippen LogP contribution in [0.4, 0.5) is 5.69 Å². The van der Waals surface area contributed by atoms with Crippen molar-refractivity contribution in [3.05, 3.63) is 94.6 Å². The van der Waals surface area contributed by atoms with Gasteiger partial charge in [0.1, 0.15) is 17.3 Å². The molecule has 3 aromatic rings. The van der Waals surface area contributed by atoms with Crippen LogP contribution in [0.2, 0.25) is 0 Å². The zero-order valence-electron chi connectivity index (χ0n) is 21.0. The molecule has 188 valence electrons. The van der Waals surface area contributed by atoms with Gasteiger partial charge in [-0.1, -0.05) is 19.1 Å². The van der Waals surface area contributed by atoms with Gasteiger partial charge >= 0.3 is 0 Å². The molecule has 7 nitrogen and oxygen atoms in total. The number of ether oxygens (including phenoxy) is 2. The number of benzene rings is 3. The van der Waals surface area contributed by atoms with E-state index in [2.05, 4.69) is 6.07 Å². The van der Waals surface area contributed by atoms with Gasteiger partial charge in [-0.25, -0.2) is 0 Å². The Morgan fingerprint density at radius 2 is 1.78 bits per heavy atom. The average molecular weight is 497 g/mol. The molecule has 1 fully saturated rings. The van der Waals surface area contributed by atoms with Gasteiger partial charge < -0.3 is 14.6 Å². The molecule has 0 aliphatic carbocycles. The predicted octanol–water partition coefficient (Wildman–Crippen LogP) is 5.68. The van der Waals surface area contributed by atoms with Crippen molar-refractivity contribution in [1.29, 1.82) is 5.26 Å². The summed E-state index contributed by atoms with van der Waals surface area (Å²) in [5, 5.41) is 20.6. The van der Waals surface area contributed by atoms with Crippen molar-refractivity contribution in [2.24, 2.45) is 0 Å². The third-order valence-electron chi connectivity index (χ3n) is 6.11. The van der Waals surface area contributed by atoms with Crippen molar-refractivity contribution < 1.29 is 24.2 Å². The summed E-state index contributed by atoms with van der Waals surface area (Å²) in [6.07, 6.45) is 0.824. The second-order valence-corrected chi connectivity index (χ2v) is 8.66. The molecule has 3 aromatic carbocycles. The SMILES string of the molecule is CCCOc1cccc(C2/C(=C(\O)c3ccc(OCC)c(C)c3)C(=O)C(=O)N2c2ccc(C#N)cc2)c1. The van der Waals surface area contributed by atoms with Crippen LogP contribution in [-0.2, 0) is 9.59 Å². The molecule has 1 heterocycles. The van der Waals surface area contributed by atoms with Gasteiger partial charge in [0, 0.05) is 11.3 Å². The average Bonchev–Trinajstić information content (AvgIpc) is 3.18. The Morgan fingerprint density at radius 1 is 1.03 bits per heavy atom. The van der Waals surface area contributed by atoms with Gasteiger partial charge in [0.15, 0.2) is 0 Å². The zero-order chi connectivity index (χ0) is 26.5. The van der Waals surface area contributed by atoms with Crippen LogP contribution in [0.15, 0.2) is 72.3 Å². The second-order valence-electron chi connectivity index (χ2n) is 8.66. The lowest BCUT2D eigenvalue weighted by Gasteiger charge is -2.26. The van der Waals surface area contributed by atoms with E-state index in [9.17, 15) is 20.0 Å². The number of carbonyl (C=O) groups excluding carboxylic acids is 2. The Hall–Kier alpha value is -4.57. The van der Waals surface area contributed by atoms with Gasteiger partial charge in [-0.3, -0.25) is 14.5 Å². The molecule has 4 rings (SSSR count). The molecule has 0 aromatic heterocycles. The highest BCUT2D eigenvalue weighted by Gasteiger charge is 2.47. The molecule has 1 amide bonds. The minimum absolute atomic E-state index is 0.0226. The first-order chi connectivity index (χ1) is 17.9. The Balaban J connectivity index is 1.89. The normalized spacial score (nSPS) is 16.5. The first-order valence-electron chi connectivity index (χ1n) is 12.2. The molecular weight excluding hydrogens is 468 g/mol. The zero-order valence-corrected chi connectivity index (χ0v) is 21.0. The number of anilines is 1. The molecule has 0 bridgehead atoms. The topological polar surface area (TPSA) is 99.9 Å². The van der Waals surface area contributed by atoms with E-state index in [1.165, 1.54) is 4.90 Å². The summed E-state index contributed by atoms with van der Waals surface area (Å²) >= 11 is 0. The summed E-state index contributed by atoms with van der Waals surface area (Å²) in [6.45, 7) is 6.75. The Bertz CT molecular complexity index is 1400. The lowest BCUT2D eigenvalue weighted by molar-refractivity contribution is -0.132. The van der Waals surface area contributed by atoms with Crippen LogP contribution in [0.25, 0.3) is 5.76 Å². The number of hydrogen-bond donors (Lipinski definition) is 1. The van der Waals surface area contributed by atoms with E-state index >= 15 is 0 Å². The third kappa shape index (κ3) is 5.05. The van der Waals surface area contributed by atoms with Crippen LogP contribution in [0.1, 0.15) is 48.6 Å². The van der Waals surface area contributed by atoms with Crippen LogP contribution in [0, 0.1) is 18.3 Å². The maximum Gasteiger partial charge on any atom is 0.300 e. The molecule has 0 saturated carbocycles. The maximum absolute atomic E-state index is 13.4. The molecule has 1 N–H and O–H groups in total. The molecule has 0 spiro atoms. The molecular formula is C30H28N2O5. The summed E-state index contributed by atoms with van der Waals surface area (Å²) in [7, 11) is 0. The van der Waals surface area contributed by atoms with E-state index in [0.717, 1.165) is 12.0 Å². The molecule has 0 radical (unpaired) electrons. The monoisotopic (exact) mass is 496 g/mol. The first-order valence-corrected chi connectivity index (χ1v) is 12.2. The Kier molecular flexibility index (Phi) is 7.59. The molecule has 1 atom stereocenters. The van der Waals surface area contributed by atoms with Crippen molar-refractivity contribution in [1.82, 2.24) is 0 Å². The molecule has 1 aliphatic heterocycles. The van der Waals surface area contributed by atoms with Crippen molar-refractivity contribution in [3.8, 4) is 17.6 Å². The summed E-state index contributed by atoms with van der Waals surface area (Å²) in [4.78, 5) is 28.1. The van der Waals surface area contributed by atoms with E-state index in [0.29, 0.717) is 47.1 Å². The van der Waals surface area contributed by atoms with Crippen LogP contribution in [-0.4, -0.2) is 30.0 Å². The summed E-state index contributed by atoms with van der Waals surface area (Å²) in [5.74, 6) is -0.557. The number of amides is 1. The van der Waals surface area contributed by atoms with Crippen LogP contribution < -0.4 is 14.4 Å². The highest BCUT2D eigenvalue weighted by Crippen LogP contribution is 2.43. The van der Waals surface area contributed by atoms with Gasteiger partial charge in [0.25, 0.3) is 11.7 Å². The van der Waals surface area contributed by atoms with Gasteiger partial charge in [-0.15, -0.1) is 0 Å². The summed E-state index contributed by atoms with van der Waals surface area (Å²) < 4.78 is 11.4. The quantitative estimate of drug-likeness (QED) is 0.245. The highest BCUT2D eigenvalue weighted by molar-refractivity contribution is 6.51. The largest absolute Gasteiger partial charge is 0.507 e. The van der Waals surface area contributed by atoms with E-state index in [-0.39, 0.29) is 11.3 Å².